The van der Waals surface area contributed by atoms with E-state index >= 15 is 0 Å². The van der Waals surface area contributed by atoms with Gasteiger partial charge >= 0.3 is 0 Å². The van der Waals surface area contributed by atoms with E-state index < -0.39 is 0 Å². The first-order valence-electron chi connectivity index (χ1n) is 10.4. The molecule has 0 aliphatic carbocycles. The van der Waals surface area contributed by atoms with Crippen molar-refractivity contribution in [1.82, 2.24) is 9.80 Å². The summed E-state index contributed by atoms with van der Waals surface area (Å²) in [6.45, 7) is 7.01. The van der Waals surface area contributed by atoms with Crippen LogP contribution in [0.1, 0.15) is 37.3 Å². The van der Waals surface area contributed by atoms with Gasteiger partial charge in [0.25, 0.3) is 0 Å². The Morgan fingerprint density at radius 3 is 2.39 bits per heavy atom. The first-order valence-corrected chi connectivity index (χ1v) is 10.8. The molecule has 3 nitrogen and oxygen atoms in total. The smallest absolute Gasteiger partial charge is 0.223 e. The van der Waals surface area contributed by atoms with Crippen LogP contribution in [0.2, 0.25) is 5.02 Å². The van der Waals surface area contributed by atoms with Crippen LogP contribution < -0.4 is 0 Å². The van der Waals surface area contributed by atoms with E-state index in [1.807, 2.05) is 47.4 Å². The molecule has 1 aliphatic rings. The molecule has 0 saturated carbocycles. The summed E-state index contributed by atoms with van der Waals surface area (Å²) < 4.78 is 0. The summed E-state index contributed by atoms with van der Waals surface area (Å²) in [5.41, 5.74) is 2.34. The number of amides is 1. The van der Waals surface area contributed by atoms with Gasteiger partial charge in [0.05, 0.1) is 0 Å². The van der Waals surface area contributed by atoms with Crippen molar-refractivity contribution >= 4 is 17.5 Å². The average Bonchev–Trinajstić information content (AvgIpc) is 2.72. The van der Waals surface area contributed by atoms with Gasteiger partial charge in [-0.3, -0.25) is 4.79 Å². The highest BCUT2D eigenvalue weighted by Gasteiger charge is 2.19. The lowest BCUT2D eigenvalue weighted by Crippen LogP contribution is -2.41. The minimum Gasteiger partial charge on any atom is -0.337 e. The highest BCUT2D eigenvalue weighted by molar-refractivity contribution is 6.30. The molecule has 0 spiro atoms. The Balaban J connectivity index is 1.59. The lowest BCUT2D eigenvalue weighted by atomic mass is 9.99. The standard InChI is InChI=1S/C24H31ClN2O/c1-20-13-15-26(16-14-20)17-18-27(19-22-7-10-23(25)11-8-22)24(28)12-9-21-5-3-2-4-6-21/h2-8,10-11,20H,9,12-19H2,1H3. The topological polar surface area (TPSA) is 23.6 Å². The Hall–Kier alpha value is -1.84. The van der Waals surface area contributed by atoms with Crippen LogP contribution in [0.15, 0.2) is 54.6 Å². The van der Waals surface area contributed by atoms with Gasteiger partial charge in [-0.2, -0.15) is 0 Å². The molecular formula is C24H31ClN2O. The highest BCUT2D eigenvalue weighted by Crippen LogP contribution is 2.17. The third-order valence-corrected chi connectivity index (χ3v) is 5.92. The van der Waals surface area contributed by atoms with Gasteiger partial charge in [-0.25, -0.2) is 0 Å². The van der Waals surface area contributed by atoms with Gasteiger partial charge in [-0.05, 0) is 61.5 Å². The summed E-state index contributed by atoms with van der Waals surface area (Å²) in [4.78, 5) is 17.5. The second-order valence-electron chi connectivity index (χ2n) is 7.95. The van der Waals surface area contributed by atoms with E-state index in [4.69, 9.17) is 11.6 Å². The van der Waals surface area contributed by atoms with Gasteiger partial charge < -0.3 is 9.80 Å². The molecule has 0 unspecified atom stereocenters. The van der Waals surface area contributed by atoms with Crippen molar-refractivity contribution in [3.63, 3.8) is 0 Å². The summed E-state index contributed by atoms with van der Waals surface area (Å²) in [5.74, 6) is 1.05. The van der Waals surface area contributed by atoms with Gasteiger partial charge in [0.15, 0.2) is 0 Å². The Kier molecular flexibility index (Phi) is 7.93. The second kappa shape index (κ2) is 10.6. The summed E-state index contributed by atoms with van der Waals surface area (Å²) in [7, 11) is 0. The molecule has 1 heterocycles. The zero-order valence-corrected chi connectivity index (χ0v) is 17.6. The quantitative estimate of drug-likeness (QED) is 0.622. The van der Waals surface area contributed by atoms with Crippen LogP contribution in [0.5, 0.6) is 0 Å². The lowest BCUT2D eigenvalue weighted by molar-refractivity contribution is -0.132. The Morgan fingerprint density at radius 1 is 1.04 bits per heavy atom. The average molecular weight is 399 g/mol. The number of carbonyl (C=O) groups excluding carboxylic acids is 1. The number of aryl methyl sites for hydroxylation is 1. The Bertz CT molecular complexity index is 724. The van der Waals surface area contributed by atoms with E-state index in [0.29, 0.717) is 13.0 Å². The van der Waals surface area contributed by atoms with Crippen molar-refractivity contribution < 1.29 is 4.79 Å². The zero-order chi connectivity index (χ0) is 19.8. The molecule has 1 aliphatic heterocycles. The van der Waals surface area contributed by atoms with E-state index in [1.165, 1.54) is 18.4 Å². The predicted molar refractivity (Wildman–Crippen MR) is 116 cm³/mol. The number of likely N-dealkylation sites (tertiary alicyclic amines) is 1. The number of nitrogens with zero attached hydrogens (tertiary/aromatic N) is 2. The summed E-state index contributed by atoms with van der Waals surface area (Å²) in [5, 5.41) is 0.730. The molecule has 150 valence electrons. The van der Waals surface area contributed by atoms with Gasteiger partial charge in [0.2, 0.25) is 5.91 Å². The molecule has 1 saturated heterocycles. The summed E-state index contributed by atoms with van der Waals surface area (Å²) >= 11 is 6.02. The van der Waals surface area contributed by atoms with Crippen molar-refractivity contribution in [3.8, 4) is 0 Å². The Labute approximate surface area is 174 Å². The molecule has 0 radical (unpaired) electrons. The third-order valence-electron chi connectivity index (χ3n) is 5.67. The van der Waals surface area contributed by atoms with Crippen LogP contribution >= 0.6 is 11.6 Å². The molecule has 0 N–H and O–H groups in total. The van der Waals surface area contributed by atoms with Crippen molar-refractivity contribution in [3.05, 3.63) is 70.7 Å². The number of hydrogen-bond donors (Lipinski definition) is 0. The van der Waals surface area contributed by atoms with Crippen LogP contribution in [0.3, 0.4) is 0 Å². The molecule has 1 fully saturated rings. The Morgan fingerprint density at radius 2 is 1.71 bits per heavy atom. The highest BCUT2D eigenvalue weighted by atomic mass is 35.5. The molecule has 1 amide bonds. The first kappa shape index (κ1) is 20.9. The maximum atomic E-state index is 13.0. The van der Waals surface area contributed by atoms with Crippen LogP contribution in [0.25, 0.3) is 0 Å². The predicted octanol–water partition coefficient (Wildman–Crippen LogP) is 5.03. The molecule has 4 heteroatoms. The minimum atomic E-state index is 0.226. The normalized spacial score (nSPS) is 15.5. The van der Waals surface area contributed by atoms with Gasteiger partial charge in [-0.1, -0.05) is 61.0 Å². The van der Waals surface area contributed by atoms with Gasteiger partial charge in [-0.15, -0.1) is 0 Å². The molecular weight excluding hydrogens is 368 g/mol. The molecule has 0 atom stereocenters. The minimum absolute atomic E-state index is 0.226. The largest absolute Gasteiger partial charge is 0.337 e. The van der Waals surface area contributed by atoms with E-state index in [9.17, 15) is 4.79 Å². The summed E-state index contributed by atoms with van der Waals surface area (Å²) in [6.07, 6.45) is 3.87. The number of piperidine rings is 1. The van der Waals surface area contributed by atoms with Crippen molar-refractivity contribution in [2.45, 2.75) is 39.2 Å². The van der Waals surface area contributed by atoms with Gasteiger partial charge in [0.1, 0.15) is 0 Å². The third kappa shape index (κ3) is 6.65. The van der Waals surface area contributed by atoms with Crippen molar-refractivity contribution in [1.29, 1.82) is 0 Å². The van der Waals surface area contributed by atoms with Crippen LogP contribution in [-0.2, 0) is 17.8 Å². The van der Waals surface area contributed by atoms with Crippen molar-refractivity contribution in [2.75, 3.05) is 26.2 Å². The fourth-order valence-corrected chi connectivity index (χ4v) is 3.83. The number of hydrogen-bond acceptors (Lipinski definition) is 2. The molecule has 3 rings (SSSR count). The molecule has 2 aromatic carbocycles. The van der Waals surface area contributed by atoms with Crippen LogP contribution in [-0.4, -0.2) is 41.9 Å². The number of carbonyl (C=O) groups is 1. The molecule has 28 heavy (non-hydrogen) atoms. The maximum absolute atomic E-state index is 13.0. The monoisotopic (exact) mass is 398 g/mol. The van der Waals surface area contributed by atoms with Gasteiger partial charge in [0, 0.05) is 31.1 Å². The fraction of sp³-hybridized carbons (Fsp3) is 0.458. The summed E-state index contributed by atoms with van der Waals surface area (Å²) in [6, 6.07) is 18.1. The van der Waals surface area contributed by atoms with Crippen molar-refractivity contribution in [2.24, 2.45) is 5.92 Å². The van der Waals surface area contributed by atoms with E-state index in [1.54, 1.807) is 0 Å². The molecule has 2 aromatic rings. The number of benzene rings is 2. The van der Waals surface area contributed by atoms with E-state index in [0.717, 1.165) is 49.1 Å². The van der Waals surface area contributed by atoms with Crippen LogP contribution in [0, 0.1) is 5.92 Å². The number of halogens is 1. The second-order valence-corrected chi connectivity index (χ2v) is 8.39. The fourth-order valence-electron chi connectivity index (χ4n) is 3.70. The molecule has 0 aromatic heterocycles. The lowest BCUT2D eigenvalue weighted by Gasteiger charge is -2.32. The SMILES string of the molecule is CC1CCN(CCN(Cc2ccc(Cl)cc2)C(=O)CCc2ccccc2)CC1. The van der Waals surface area contributed by atoms with E-state index in [-0.39, 0.29) is 5.91 Å². The van der Waals surface area contributed by atoms with E-state index in [2.05, 4.69) is 24.0 Å². The first-order chi connectivity index (χ1) is 13.6. The zero-order valence-electron chi connectivity index (χ0n) is 16.8. The number of rotatable bonds is 8. The van der Waals surface area contributed by atoms with Crippen LogP contribution in [0.4, 0.5) is 0 Å². The maximum Gasteiger partial charge on any atom is 0.223 e. The molecule has 0 bridgehead atoms.